The summed E-state index contributed by atoms with van der Waals surface area (Å²) >= 11 is 0. The van der Waals surface area contributed by atoms with Crippen molar-refractivity contribution in [1.29, 1.82) is 0 Å². The van der Waals surface area contributed by atoms with E-state index in [4.69, 9.17) is 0 Å². The average Bonchev–Trinajstić information content (AvgIpc) is 2.79. The molecule has 0 aliphatic carbocycles. The lowest BCUT2D eigenvalue weighted by Crippen LogP contribution is -2.42. The van der Waals surface area contributed by atoms with Crippen LogP contribution in [0.5, 0.6) is 0 Å². The molecule has 0 unspecified atom stereocenters. The largest absolute Gasteiger partial charge is 0.338 e. The number of benzene rings is 1. The first-order valence-corrected chi connectivity index (χ1v) is 9.84. The van der Waals surface area contributed by atoms with Gasteiger partial charge in [-0.1, -0.05) is 13.8 Å². The number of hydrogen-bond donors (Lipinski definition) is 0. The molecule has 2 heterocycles. The summed E-state index contributed by atoms with van der Waals surface area (Å²) in [4.78, 5) is 26.3. The number of sulfonamides is 1. The first kappa shape index (κ1) is 17.0. The molecule has 2 amide bonds. The van der Waals surface area contributed by atoms with Crippen molar-refractivity contribution in [3.8, 4) is 0 Å². The Kier molecular flexibility index (Phi) is 4.38. The molecule has 2 saturated heterocycles. The molecule has 2 aliphatic heterocycles. The zero-order chi connectivity index (χ0) is 17.5. The van der Waals surface area contributed by atoms with Gasteiger partial charge in [-0.25, -0.2) is 12.7 Å². The second-order valence-electron chi connectivity index (χ2n) is 6.93. The van der Waals surface area contributed by atoms with Gasteiger partial charge in [-0.3, -0.25) is 9.59 Å². The maximum absolute atomic E-state index is 12.6. The summed E-state index contributed by atoms with van der Waals surface area (Å²) in [6.45, 7) is 5.76. The molecule has 2 atom stereocenters. The van der Waals surface area contributed by atoms with Crippen molar-refractivity contribution in [1.82, 2.24) is 4.90 Å². The van der Waals surface area contributed by atoms with Gasteiger partial charge in [0, 0.05) is 25.1 Å². The highest BCUT2D eigenvalue weighted by atomic mass is 32.2. The summed E-state index contributed by atoms with van der Waals surface area (Å²) < 4.78 is 24.7. The fourth-order valence-corrected chi connectivity index (χ4v) is 5.08. The van der Waals surface area contributed by atoms with Crippen molar-refractivity contribution in [3.05, 3.63) is 29.8 Å². The highest BCUT2D eigenvalue weighted by Crippen LogP contribution is 2.27. The number of rotatable bonds is 2. The minimum atomic E-state index is -3.57. The van der Waals surface area contributed by atoms with Crippen molar-refractivity contribution >= 4 is 27.5 Å². The number of carbonyl (C=O) groups excluding carboxylic acids is 2. The predicted molar refractivity (Wildman–Crippen MR) is 91.2 cm³/mol. The number of hydrogen-bond acceptors (Lipinski definition) is 4. The van der Waals surface area contributed by atoms with Crippen LogP contribution in [-0.2, 0) is 14.8 Å². The smallest absolute Gasteiger partial charge is 0.253 e. The van der Waals surface area contributed by atoms with E-state index in [1.807, 2.05) is 4.90 Å². The van der Waals surface area contributed by atoms with Crippen LogP contribution in [0.15, 0.2) is 24.3 Å². The fraction of sp³-hybridized carbons (Fsp3) is 0.529. The SMILES string of the molecule is C[C@@H]1C[C@H](C)CN(C(=O)c2ccc(N3C(=O)CCS3(=O)=O)cc2)C1. The topological polar surface area (TPSA) is 74.8 Å². The van der Waals surface area contributed by atoms with Crippen LogP contribution in [0.4, 0.5) is 5.69 Å². The van der Waals surface area contributed by atoms with E-state index in [2.05, 4.69) is 13.8 Å². The zero-order valence-electron chi connectivity index (χ0n) is 13.9. The molecule has 0 radical (unpaired) electrons. The van der Waals surface area contributed by atoms with Crippen LogP contribution in [0.1, 0.15) is 37.0 Å². The Labute approximate surface area is 142 Å². The van der Waals surface area contributed by atoms with Gasteiger partial charge in [0.2, 0.25) is 15.9 Å². The van der Waals surface area contributed by atoms with E-state index in [9.17, 15) is 18.0 Å². The molecule has 130 valence electrons. The van der Waals surface area contributed by atoms with Crippen LogP contribution >= 0.6 is 0 Å². The minimum absolute atomic E-state index is 0.00652. The first-order chi connectivity index (χ1) is 11.3. The van der Waals surface area contributed by atoms with Crippen molar-refractivity contribution in [2.45, 2.75) is 26.7 Å². The monoisotopic (exact) mass is 350 g/mol. The van der Waals surface area contributed by atoms with Crippen molar-refractivity contribution in [2.24, 2.45) is 11.8 Å². The summed E-state index contributed by atoms with van der Waals surface area (Å²) in [7, 11) is -3.57. The van der Waals surface area contributed by atoms with Gasteiger partial charge in [0.05, 0.1) is 11.4 Å². The van der Waals surface area contributed by atoms with Gasteiger partial charge >= 0.3 is 0 Å². The van der Waals surface area contributed by atoms with E-state index in [0.29, 0.717) is 23.1 Å². The van der Waals surface area contributed by atoms with Gasteiger partial charge in [0.15, 0.2) is 0 Å². The molecule has 24 heavy (non-hydrogen) atoms. The molecule has 7 heteroatoms. The van der Waals surface area contributed by atoms with Gasteiger partial charge in [-0.05, 0) is 42.5 Å². The summed E-state index contributed by atoms with van der Waals surface area (Å²) in [5, 5.41) is 0. The highest BCUT2D eigenvalue weighted by molar-refractivity contribution is 7.94. The summed E-state index contributed by atoms with van der Waals surface area (Å²) in [5.41, 5.74) is 0.818. The fourth-order valence-electron chi connectivity index (χ4n) is 3.62. The van der Waals surface area contributed by atoms with E-state index in [1.165, 1.54) is 12.1 Å². The molecular formula is C17H22N2O4S. The Hall–Kier alpha value is -1.89. The van der Waals surface area contributed by atoms with Gasteiger partial charge < -0.3 is 4.90 Å². The highest BCUT2D eigenvalue weighted by Gasteiger charge is 2.36. The van der Waals surface area contributed by atoms with E-state index in [0.717, 1.165) is 23.8 Å². The van der Waals surface area contributed by atoms with Gasteiger partial charge in [0.1, 0.15) is 0 Å². The molecule has 0 N–H and O–H groups in total. The van der Waals surface area contributed by atoms with Crippen LogP contribution in [0, 0.1) is 11.8 Å². The Balaban J connectivity index is 1.79. The van der Waals surface area contributed by atoms with E-state index in [-0.39, 0.29) is 18.1 Å². The third-order valence-electron chi connectivity index (χ3n) is 4.58. The lowest BCUT2D eigenvalue weighted by Gasteiger charge is -2.35. The summed E-state index contributed by atoms with van der Waals surface area (Å²) in [5.74, 6) is 0.327. The number of anilines is 1. The standard InChI is InChI=1S/C17H22N2O4S/c1-12-9-13(2)11-18(10-12)17(21)14-3-5-15(6-4-14)19-16(20)7-8-24(19,22)23/h3-6,12-13H,7-11H2,1-2H3/t12-,13+. The van der Waals surface area contributed by atoms with Gasteiger partial charge in [-0.2, -0.15) is 0 Å². The van der Waals surface area contributed by atoms with Crippen LogP contribution in [0.3, 0.4) is 0 Å². The second-order valence-corrected chi connectivity index (χ2v) is 8.86. The average molecular weight is 350 g/mol. The predicted octanol–water partition coefficient (Wildman–Crippen LogP) is 1.87. The second kappa shape index (κ2) is 6.20. The van der Waals surface area contributed by atoms with E-state index >= 15 is 0 Å². The lowest BCUT2D eigenvalue weighted by atomic mass is 9.91. The van der Waals surface area contributed by atoms with Crippen molar-refractivity contribution < 1.29 is 18.0 Å². The Morgan fingerprint density at radius 1 is 1.08 bits per heavy atom. The molecular weight excluding hydrogens is 328 g/mol. The van der Waals surface area contributed by atoms with Crippen LogP contribution in [0.25, 0.3) is 0 Å². The molecule has 0 saturated carbocycles. The van der Waals surface area contributed by atoms with Gasteiger partial charge in [0.25, 0.3) is 5.91 Å². The third-order valence-corrected chi connectivity index (χ3v) is 6.27. The van der Waals surface area contributed by atoms with Crippen molar-refractivity contribution in [3.63, 3.8) is 0 Å². The Morgan fingerprint density at radius 2 is 1.67 bits per heavy atom. The molecule has 0 aromatic heterocycles. The molecule has 2 aliphatic rings. The minimum Gasteiger partial charge on any atom is -0.338 e. The molecule has 0 bridgehead atoms. The molecule has 6 nitrogen and oxygen atoms in total. The molecule has 1 aromatic carbocycles. The maximum Gasteiger partial charge on any atom is 0.253 e. The quantitative estimate of drug-likeness (QED) is 0.816. The van der Waals surface area contributed by atoms with E-state index in [1.54, 1.807) is 12.1 Å². The number of nitrogens with zero attached hydrogens (tertiary/aromatic N) is 2. The van der Waals surface area contributed by atoms with Crippen molar-refractivity contribution in [2.75, 3.05) is 23.1 Å². The maximum atomic E-state index is 12.6. The molecule has 3 rings (SSSR count). The number of carbonyl (C=O) groups is 2. The van der Waals surface area contributed by atoms with Crippen LogP contribution in [0.2, 0.25) is 0 Å². The van der Waals surface area contributed by atoms with E-state index < -0.39 is 15.9 Å². The van der Waals surface area contributed by atoms with Crippen LogP contribution in [-0.4, -0.2) is 44.0 Å². The zero-order valence-corrected chi connectivity index (χ0v) is 14.8. The normalized spacial score (nSPS) is 26.7. The van der Waals surface area contributed by atoms with Crippen LogP contribution < -0.4 is 4.31 Å². The lowest BCUT2D eigenvalue weighted by molar-refractivity contribution is -0.116. The molecule has 1 aromatic rings. The molecule has 0 spiro atoms. The number of amides is 2. The number of likely N-dealkylation sites (tertiary alicyclic amines) is 1. The molecule has 2 fully saturated rings. The summed E-state index contributed by atoms with van der Waals surface area (Å²) in [6.07, 6.45) is 1.13. The number of piperidine rings is 1. The first-order valence-electron chi connectivity index (χ1n) is 8.23. The van der Waals surface area contributed by atoms with Gasteiger partial charge in [-0.15, -0.1) is 0 Å². The third kappa shape index (κ3) is 3.17. The Morgan fingerprint density at radius 3 is 2.17 bits per heavy atom. The summed E-state index contributed by atoms with van der Waals surface area (Å²) in [6, 6.07) is 6.26. The Bertz CT molecular complexity index is 747.